The summed E-state index contributed by atoms with van der Waals surface area (Å²) in [5.41, 5.74) is 0.808. The minimum absolute atomic E-state index is 0.305. The first kappa shape index (κ1) is 18.9. The third-order valence-corrected chi connectivity index (χ3v) is 3.25. The van der Waals surface area contributed by atoms with Crippen molar-refractivity contribution in [2.45, 2.75) is 52.2 Å². The highest BCUT2D eigenvalue weighted by molar-refractivity contribution is 7.80. The average Bonchev–Trinajstić information content (AvgIpc) is 2.45. The number of ether oxygens (including phenoxy) is 1. The van der Waals surface area contributed by atoms with Gasteiger partial charge in [0, 0.05) is 5.69 Å². The van der Waals surface area contributed by atoms with Gasteiger partial charge in [-0.3, -0.25) is 0 Å². The largest absolute Gasteiger partial charge is 0.444 e. The lowest BCUT2D eigenvalue weighted by atomic mass is 10.1. The average molecular weight is 333 g/mol. The van der Waals surface area contributed by atoms with E-state index in [9.17, 15) is 4.79 Å². The zero-order valence-electron chi connectivity index (χ0n) is 14.0. The quantitative estimate of drug-likeness (QED) is 0.797. The third kappa shape index (κ3) is 7.11. The van der Waals surface area contributed by atoms with E-state index in [1.54, 1.807) is 24.3 Å². The van der Waals surface area contributed by atoms with Gasteiger partial charge in [-0.15, -0.1) is 0 Å². The second kappa shape index (κ2) is 8.49. The summed E-state index contributed by atoms with van der Waals surface area (Å²) >= 11 is 5.40. The first-order valence-electron chi connectivity index (χ1n) is 7.55. The van der Waals surface area contributed by atoms with Gasteiger partial charge in [-0.1, -0.05) is 25.6 Å². The highest BCUT2D eigenvalue weighted by Gasteiger charge is 2.21. The lowest BCUT2D eigenvalue weighted by Gasteiger charge is -2.24. The van der Waals surface area contributed by atoms with Crippen molar-refractivity contribution in [3.8, 4) is 6.07 Å². The zero-order valence-corrected chi connectivity index (χ0v) is 14.8. The lowest BCUT2D eigenvalue weighted by Crippen LogP contribution is -2.45. The standard InChI is InChI=1S/C17H23N3O2S/c1-5-6-14(20-16(21)22-17(2,3)4)15(23)19-13-9-7-12(11-18)8-10-13/h7-10,14H,5-6H2,1-4H3,(H,19,23)(H,20,21)/t14-/m0/s1. The van der Waals surface area contributed by atoms with Gasteiger partial charge in [0.05, 0.1) is 17.7 Å². The molecule has 0 heterocycles. The second-order valence-corrected chi connectivity index (χ2v) is 6.61. The molecule has 0 unspecified atom stereocenters. The Morgan fingerprint density at radius 3 is 2.43 bits per heavy atom. The Labute approximate surface area is 143 Å². The number of benzene rings is 1. The van der Waals surface area contributed by atoms with Crippen LogP contribution in [-0.4, -0.2) is 22.7 Å². The molecule has 0 aliphatic carbocycles. The molecular weight excluding hydrogens is 310 g/mol. The monoisotopic (exact) mass is 333 g/mol. The smallest absolute Gasteiger partial charge is 0.408 e. The molecule has 1 aromatic carbocycles. The summed E-state index contributed by atoms with van der Waals surface area (Å²) < 4.78 is 5.27. The number of anilines is 1. The van der Waals surface area contributed by atoms with Crippen molar-refractivity contribution in [2.75, 3.05) is 5.32 Å². The molecule has 0 aliphatic rings. The van der Waals surface area contributed by atoms with Gasteiger partial charge in [-0.25, -0.2) is 4.79 Å². The molecular formula is C17H23N3O2S. The molecule has 2 N–H and O–H groups in total. The molecule has 0 bridgehead atoms. The van der Waals surface area contributed by atoms with E-state index in [0.29, 0.717) is 17.0 Å². The Kier molecular flexibility index (Phi) is 6.98. The van der Waals surface area contributed by atoms with Crippen molar-refractivity contribution >= 4 is 29.0 Å². The van der Waals surface area contributed by atoms with Crippen LogP contribution in [-0.2, 0) is 4.74 Å². The number of nitrogens with zero attached hydrogens (tertiary/aromatic N) is 1. The predicted octanol–water partition coefficient (Wildman–Crippen LogP) is 3.99. The summed E-state index contributed by atoms with van der Waals surface area (Å²) in [7, 11) is 0. The van der Waals surface area contributed by atoms with Crippen LogP contribution in [0.25, 0.3) is 0 Å². The van der Waals surface area contributed by atoms with E-state index >= 15 is 0 Å². The van der Waals surface area contributed by atoms with Gasteiger partial charge in [0.1, 0.15) is 10.6 Å². The van der Waals surface area contributed by atoms with Crippen LogP contribution in [0, 0.1) is 11.3 Å². The Morgan fingerprint density at radius 2 is 1.96 bits per heavy atom. The predicted molar refractivity (Wildman–Crippen MR) is 95.4 cm³/mol. The van der Waals surface area contributed by atoms with Crippen LogP contribution < -0.4 is 10.6 Å². The van der Waals surface area contributed by atoms with Crippen molar-refractivity contribution in [3.05, 3.63) is 29.8 Å². The maximum atomic E-state index is 11.9. The number of hydrogen-bond donors (Lipinski definition) is 2. The van der Waals surface area contributed by atoms with Crippen LogP contribution in [0.2, 0.25) is 0 Å². The van der Waals surface area contributed by atoms with E-state index in [4.69, 9.17) is 22.2 Å². The Hall–Kier alpha value is -2.13. The topological polar surface area (TPSA) is 74.2 Å². The molecule has 0 aliphatic heterocycles. The molecule has 0 spiro atoms. The number of carbonyl (C=O) groups excluding carboxylic acids is 1. The Morgan fingerprint density at radius 1 is 1.35 bits per heavy atom. The summed E-state index contributed by atoms with van der Waals surface area (Å²) in [6.07, 6.45) is 1.09. The van der Waals surface area contributed by atoms with E-state index in [-0.39, 0.29) is 6.04 Å². The van der Waals surface area contributed by atoms with Crippen LogP contribution in [0.4, 0.5) is 10.5 Å². The summed E-state index contributed by atoms with van der Waals surface area (Å²) in [6.45, 7) is 7.46. The highest BCUT2D eigenvalue weighted by atomic mass is 32.1. The first-order valence-corrected chi connectivity index (χ1v) is 7.96. The molecule has 124 valence electrons. The van der Waals surface area contributed by atoms with Crippen LogP contribution >= 0.6 is 12.2 Å². The summed E-state index contributed by atoms with van der Waals surface area (Å²) in [5.74, 6) is 0. The number of alkyl carbamates (subject to hydrolysis) is 1. The molecule has 0 saturated carbocycles. The molecule has 0 fully saturated rings. The van der Waals surface area contributed by atoms with Gasteiger partial charge < -0.3 is 15.4 Å². The molecule has 1 amide bonds. The minimum Gasteiger partial charge on any atom is -0.444 e. The molecule has 1 aromatic rings. The van der Waals surface area contributed by atoms with E-state index in [1.807, 2.05) is 27.7 Å². The summed E-state index contributed by atoms with van der Waals surface area (Å²) in [5, 5.41) is 14.7. The van der Waals surface area contributed by atoms with Crippen molar-refractivity contribution in [3.63, 3.8) is 0 Å². The van der Waals surface area contributed by atoms with Crippen LogP contribution in [0.1, 0.15) is 46.1 Å². The molecule has 6 heteroatoms. The van der Waals surface area contributed by atoms with Gasteiger partial charge >= 0.3 is 6.09 Å². The fraction of sp³-hybridized carbons (Fsp3) is 0.471. The summed E-state index contributed by atoms with van der Waals surface area (Å²) in [6, 6.07) is 8.74. The van der Waals surface area contributed by atoms with E-state index in [2.05, 4.69) is 16.7 Å². The molecule has 0 radical (unpaired) electrons. The molecule has 0 saturated heterocycles. The second-order valence-electron chi connectivity index (χ2n) is 6.17. The van der Waals surface area contributed by atoms with Crippen LogP contribution in [0.15, 0.2) is 24.3 Å². The number of thiocarbonyl (C=S) groups is 1. The number of hydrogen-bond acceptors (Lipinski definition) is 4. The van der Waals surface area contributed by atoms with Crippen molar-refractivity contribution in [2.24, 2.45) is 0 Å². The Balaban J connectivity index is 2.70. The molecule has 0 aromatic heterocycles. The maximum absolute atomic E-state index is 11.9. The van der Waals surface area contributed by atoms with Gasteiger partial charge in [0.25, 0.3) is 0 Å². The van der Waals surface area contributed by atoms with Gasteiger partial charge in [-0.2, -0.15) is 5.26 Å². The lowest BCUT2D eigenvalue weighted by molar-refractivity contribution is 0.0516. The van der Waals surface area contributed by atoms with E-state index < -0.39 is 11.7 Å². The fourth-order valence-electron chi connectivity index (χ4n) is 1.86. The molecule has 1 atom stereocenters. The molecule has 1 rings (SSSR count). The van der Waals surface area contributed by atoms with E-state index in [1.165, 1.54) is 0 Å². The Bertz CT molecular complexity index is 585. The van der Waals surface area contributed by atoms with Crippen LogP contribution in [0.3, 0.4) is 0 Å². The van der Waals surface area contributed by atoms with Crippen LogP contribution in [0.5, 0.6) is 0 Å². The van der Waals surface area contributed by atoms with E-state index in [0.717, 1.165) is 12.1 Å². The number of carbonyl (C=O) groups is 1. The number of rotatable bonds is 5. The van der Waals surface area contributed by atoms with Crippen molar-refractivity contribution < 1.29 is 9.53 Å². The number of nitrogens with one attached hydrogen (secondary N) is 2. The molecule has 23 heavy (non-hydrogen) atoms. The highest BCUT2D eigenvalue weighted by Crippen LogP contribution is 2.12. The number of nitriles is 1. The minimum atomic E-state index is -0.553. The number of amides is 1. The van der Waals surface area contributed by atoms with Crippen molar-refractivity contribution in [1.29, 1.82) is 5.26 Å². The third-order valence-electron chi connectivity index (χ3n) is 2.87. The van der Waals surface area contributed by atoms with Gasteiger partial charge in [0.15, 0.2) is 0 Å². The van der Waals surface area contributed by atoms with Gasteiger partial charge in [0.2, 0.25) is 0 Å². The normalized spacial score (nSPS) is 12.0. The van der Waals surface area contributed by atoms with Gasteiger partial charge in [-0.05, 0) is 51.5 Å². The zero-order chi connectivity index (χ0) is 17.5. The fourth-order valence-corrected chi connectivity index (χ4v) is 2.16. The van der Waals surface area contributed by atoms with Crippen molar-refractivity contribution in [1.82, 2.24) is 5.32 Å². The first-order chi connectivity index (χ1) is 10.7. The SMILES string of the molecule is CCC[C@H](NC(=O)OC(C)(C)C)C(=S)Nc1ccc(C#N)cc1. The maximum Gasteiger partial charge on any atom is 0.408 e. The molecule has 5 nitrogen and oxygen atoms in total. The summed E-state index contributed by atoms with van der Waals surface area (Å²) in [4.78, 5) is 12.4.